The van der Waals surface area contributed by atoms with Gasteiger partial charge >= 0.3 is 5.97 Å². The lowest BCUT2D eigenvalue weighted by molar-refractivity contribution is -0.147. The zero-order valence-electron chi connectivity index (χ0n) is 15.3. The monoisotopic (exact) mass is 361 g/mol. The highest BCUT2D eigenvalue weighted by Crippen LogP contribution is 2.21. The second kappa shape index (κ2) is 8.40. The number of carbonyl (C=O) groups is 2. The van der Waals surface area contributed by atoms with Gasteiger partial charge in [0.05, 0.1) is 19.6 Å². The number of nitrogens with zero attached hydrogens (tertiary/aromatic N) is 3. The summed E-state index contributed by atoms with van der Waals surface area (Å²) in [6.07, 6.45) is 1.52. The molecule has 1 amide bonds. The number of phenolic OH excluding ortho intramolecular Hbond substituents is 1. The van der Waals surface area contributed by atoms with E-state index in [9.17, 15) is 14.7 Å². The van der Waals surface area contributed by atoms with E-state index in [4.69, 9.17) is 4.74 Å². The molecule has 2 saturated heterocycles. The normalized spacial score (nSPS) is 19.4. The molecule has 2 aliphatic rings. The minimum absolute atomic E-state index is 0.0276. The predicted octanol–water partition coefficient (Wildman–Crippen LogP) is 0.926. The molecule has 2 heterocycles. The molecule has 0 atom stereocenters. The Labute approximate surface area is 154 Å². The van der Waals surface area contributed by atoms with Gasteiger partial charge in [-0.15, -0.1) is 0 Å². The third kappa shape index (κ3) is 4.46. The van der Waals surface area contributed by atoms with E-state index >= 15 is 0 Å². The van der Waals surface area contributed by atoms with Gasteiger partial charge in [0, 0.05) is 31.9 Å². The predicted molar refractivity (Wildman–Crippen MR) is 98.1 cm³/mol. The Morgan fingerprint density at radius 3 is 2.23 bits per heavy atom. The molecule has 7 nitrogen and oxygen atoms in total. The first-order valence-electron chi connectivity index (χ1n) is 9.19. The number of carbonyl (C=O) groups excluding carboxylic acids is 2. The molecule has 0 spiro atoms. The van der Waals surface area contributed by atoms with E-state index in [1.807, 2.05) is 17.0 Å². The smallest absolute Gasteiger partial charge is 0.308 e. The van der Waals surface area contributed by atoms with E-state index in [-0.39, 0.29) is 23.5 Å². The molecule has 1 aromatic carbocycles. The van der Waals surface area contributed by atoms with Gasteiger partial charge in [-0.25, -0.2) is 0 Å². The minimum Gasteiger partial charge on any atom is -0.508 e. The van der Waals surface area contributed by atoms with Crippen LogP contribution in [0.25, 0.3) is 0 Å². The number of piperidine rings is 1. The van der Waals surface area contributed by atoms with E-state index in [1.54, 1.807) is 12.1 Å². The zero-order valence-corrected chi connectivity index (χ0v) is 15.3. The van der Waals surface area contributed by atoms with Crippen LogP contribution < -0.4 is 4.90 Å². The standard InChI is InChI=1S/C19H27N3O4/c1-26-19(25)15-6-8-20(9-7-15)14-18(24)22-12-10-21(11-13-22)16-2-4-17(23)5-3-16/h2-5,15,23H,6-14H2,1H3. The van der Waals surface area contributed by atoms with E-state index in [1.165, 1.54) is 7.11 Å². The highest BCUT2D eigenvalue weighted by atomic mass is 16.5. The van der Waals surface area contributed by atoms with Crippen LogP contribution in [0.3, 0.4) is 0 Å². The van der Waals surface area contributed by atoms with Crippen LogP contribution in [0, 0.1) is 5.92 Å². The molecule has 0 aromatic heterocycles. The lowest BCUT2D eigenvalue weighted by atomic mass is 9.97. The Hall–Kier alpha value is -2.28. The number of amides is 1. The number of hydrogen-bond acceptors (Lipinski definition) is 6. The number of phenols is 1. The fourth-order valence-corrected chi connectivity index (χ4v) is 3.66. The van der Waals surface area contributed by atoms with Crippen molar-refractivity contribution in [2.75, 3.05) is 57.8 Å². The number of anilines is 1. The van der Waals surface area contributed by atoms with E-state index in [0.717, 1.165) is 44.7 Å². The van der Waals surface area contributed by atoms with Gasteiger partial charge in [0.2, 0.25) is 5.91 Å². The highest BCUT2D eigenvalue weighted by molar-refractivity contribution is 5.78. The summed E-state index contributed by atoms with van der Waals surface area (Å²) < 4.78 is 4.80. The van der Waals surface area contributed by atoms with Gasteiger partial charge in [-0.3, -0.25) is 14.5 Å². The molecular weight excluding hydrogens is 334 g/mol. The van der Waals surface area contributed by atoms with Gasteiger partial charge in [-0.2, -0.15) is 0 Å². The summed E-state index contributed by atoms with van der Waals surface area (Å²) in [7, 11) is 1.43. The number of hydrogen-bond donors (Lipinski definition) is 1. The molecule has 7 heteroatoms. The third-order valence-corrected chi connectivity index (χ3v) is 5.33. The Balaban J connectivity index is 1.43. The van der Waals surface area contributed by atoms with Crippen LogP contribution in [-0.2, 0) is 14.3 Å². The third-order valence-electron chi connectivity index (χ3n) is 5.33. The van der Waals surface area contributed by atoms with Crippen LogP contribution in [0.4, 0.5) is 5.69 Å². The average molecular weight is 361 g/mol. The van der Waals surface area contributed by atoms with Crippen molar-refractivity contribution in [3.8, 4) is 5.75 Å². The largest absolute Gasteiger partial charge is 0.508 e. The number of esters is 1. The number of likely N-dealkylation sites (tertiary alicyclic amines) is 1. The molecule has 0 aliphatic carbocycles. The Morgan fingerprint density at radius 2 is 1.65 bits per heavy atom. The zero-order chi connectivity index (χ0) is 18.5. The summed E-state index contributed by atoms with van der Waals surface area (Å²) in [5, 5.41) is 9.38. The fourth-order valence-electron chi connectivity index (χ4n) is 3.66. The van der Waals surface area contributed by atoms with Crippen LogP contribution in [0.2, 0.25) is 0 Å². The lowest BCUT2D eigenvalue weighted by Crippen LogP contribution is -2.52. The van der Waals surface area contributed by atoms with Crippen LogP contribution in [-0.4, -0.2) is 79.7 Å². The van der Waals surface area contributed by atoms with Crippen LogP contribution >= 0.6 is 0 Å². The van der Waals surface area contributed by atoms with Crippen molar-refractivity contribution in [3.63, 3.8) is 0 Å². The van der Waals surface area contributed by atoms with Crippen molar-refractivity contribution in [2.45, 2.75) is 12.8 Å². The molecular formula is C19H27N3O4. The first-order valence-corrected chi connectivity index (χ1v) is 9.19. The van der Waals surface area contributed by atoms with E-state index in [0.29, 0.717) is 19.6 Å². The maximum absolute atomic E-state index is 12.6. The Morgan fingerprint density at radius 1 is 1.04 bits per heavy atom. The first kappa shape index (κ1) is 18.5. The summed E-state index contributed by atoms with van der Waals surface area (Å²) in [4.78, 5) is 30.4. The first-order chi connectivity index (χ1) is 12.6. The maximum atomic E-state index is 12.6. The van der Waals surface area contributed by atoms with Gasteiger partial charge in [-0.05, 0) is 50.2 Å². The molecule has 0 radical (unpaired) electrons. The summed E-state index contributed by atoms with van der Waals surface area (Å²) >= 11 is 0. The highest BCUT2D eigenvalue weighted by Gasteiger charge is 2.28. The number of methoxy groups -OCH3 is 1. The molecule has 3 rings (SSSR count). The number of benzene rings is 1. The topological polar surface area (TPSA) is 73.3 Å². The van der Waals surface area contributed by atoms with E-state index < -0.39 is 0 Å². The van der Waals surface area contributed by atoms with Gasteiger partial charge in [0.25, 0.3) is 0 Å². The van der Waals surface area contributed by atoms with Crippen molar-refractivity contribution in [2.24, 2.45) is 5.92 Å². The minimum atomic E-state index is -0.138. The summed E-state index contributed by atoms with van der Waals surface area (Å²) in [6.45, 7) is 4.95. The number of ether oxygens (including phenoxy) is 1. The van der Waals surface area contributed by atoms with Crippen LogP contribution in [0.5, 0.6) is 5.75 Å². The summed E-state index contributed by atoms with van der Waals surface area (Å²) in [6, 6.07) is 7.17. The van der Waals surface area contributed by atoms with Gasteiger partial charge < -0.3 is 19.6 Å². The van der Waals surface area contributed by atoms with Gasteiger partial charge in [0.1, 0.15) is 5.75 Å². The van der Waals surface area contributed by atoms with Gasteiger partial charge in [-0.1, -0.05) is 0 Å². The van der Waals surface area contributed by atoms with Crippen LogP contribution in [0.15, 0.2) is 24.3 Å². The second-order valence-electron chi connectivity index (χ2n) is 6.96. The van der Waals surface area contributed by atoms with Crippen molar-refractivity contribution < 1.29 is 19.4 Å². The average Bonchev–Trinajstić information content (AvgIpc) is 2.68. The van der Waals surface area contributed by atoms with Crippen molar-refractivity contribution in [1.29, 1.82) is 0 Å². The summed E-state index contributed by atoms with van der Waals surface area (Å²) in [5.41, 5.74) is 1.07. The van der Waals surface area contributed by atoms with Crippen molar-refractivity contribution >= 4 is 17.6 Å². The molecule has 142 valence electrons. The Kier molecular flexibility index (Phi) is 5.98. The Bertz CT molecular complexity index is 618. The molecule has 0 unspecified atom stereocenters. The summed E-state index contributed by atoms with van der Waals surface area (Å²) in [5.74, 6) is 0.256. The number of piperazine rings is 1. The van der Waals surface area contributed by atoms with Crippen LogP contribution in [0.1, 0.15) is 12.8 Å². The molecule has 0 saturated carbocycles. The molecule has 2 fully saturated rings. The molecule has 2 aliphatic heterocycles. The fraction of sp³-hybridized carbons (Fsp3) is 0.579. The second-order valence-corrected chi connectivity index (χ2v) is 6.96. The quantitative estimate of drug-likeness (QED) is 0.804. The lowest BCUT2D eigenvalue weighted by Gasteiger charge is -2.37. The van der Waals surface area contributed by atoms with E-state index in [2.05, 4.69) is 9.80 Å². The maximum Gasteiger partial charge on any atom is 0.308 e. The molecule has 1 N–H and O–H groups in total. The number of rotatable bonds is 4. The van der Waals surface area contributed by atoms with Crippen molar-refractivity contribution in [3.05, 3.63) is 24.3 Å². The molecule has 1 aromatic rings. The van der Waals surface area contributed by atoms with Gasteiger partial charge in [0.15, 0.2) is 0 Å². The molecule has 0 bridgehead atoms. The number of aromatic hydroxyl groups is 1. The van der Waals surface area contributed by atoms with Crippen molar-refractivity contribution in [1.82, 2.24) is 9.80 Å². The molecule has 26 heavy (non-hydrogen) atoms. The SMILES string of the molecule is COC(=O)C1CCN(CC(=O)N2CCN(c3ccc(O)cc3)CC2)CC1.